The Bertz CT molecular complexity index is 1760. The number of amides is 1. The Morgan fingerprint density at radius 3 is 2.49 bits per heavy atom. The molecule has 5 aromatic rings. The first kappa shape index (κ1) is 27.1. The summed E-state index contributed by atoms with van der Waals surface area (Å²) >= 11 is 0. The molecule has 206 valence electrons. The fourth-order valence-electron chi connectivity index (χ4n) is 4.23. The van der Waals surface area contributed by atoms with Crippen molar-refractivity contribution in [2.75, 3.05) is 20.7 Å². The topological polar surface area (TPSA) is 115 Å². The molecule has 5 rings (SSSR count). The number of fused-ring (bicyclic) bond motifs is 1. The van der Waals surface area contributed by atoms with Gasteiger partial charge in [-0.15, -0.1) is 0 Å². The van der Waals surface area contributed by atoms with Crippen molar-refractivity contribution in [3.63, 3.8) is 0 Å². The number of aryl methyl sites for hydroxylation is 1. The SMILES string of the molecule is CCOc1ccc(C#N)cc1Oc1nc(Oc2cccc(C(=O)N(C)C)c2)c2nc(C)n(Cc3ccccc3)c2n1. The molecule has 0 spiro atoms. The van der Waals surface area contributed by atoms with Gasteiger partial charge in [-0.1, -0.05) is 36.4 Å². The Labute approximate surface area is 237 Å². The normalized spacial score (nSPS) is 10.7. The molecular formula is C31H28N6O4. The lowest BCUT2D eigenvalue weighted by molar-refractivity contribution is 0.0827. The van der Waals surface area contributed by atoms with Crippen LogP contribution in [0.1, 0.15) is 34.2 Å². The fraction of sp³-hybridized carbons (Fsp3) is 0.194. The number of nitrogens with zero attached hydrogens (tertiary/aromatic N) is 6. The van der Waals surface area contributed by atoms with Crippen LogP contribution in [0, 0.1) is 18.3 Å². The van der Waals surface area contributed by atoms with Crippen LogP contribution in [0.15, 0.2) is 72.8 Å². The van der Waals surface area contributed by atoms with Gasteiger partial charge < -0.3 is 23.7 Å². The maximum absolute atomic E-state index is 12.6. The van der Waals surface area contributed by atoms with Crippen molar-refractivity contribution < 1.29 is 19.0 Å². The van der Waals surface area contributed by atoms with Crippen LogP contribution in [0.5, 0.6) is 29.1 Å². The maximum atomic E-state index is 12.6. The van der Waals surface area contributed by atoms with Crippen LogP contribution < -0.4 is 14.2 Å². The number of aromatic nitrogens is 4. The van der Waals surface area contributed by atoms with Crippen molar-refractivity contribution >= 4 is 17.1 Å². The monoisotopic (exact) mass is 548 g/mol. The minimum Gasteiger partial charge on any atom is -0.490 e. The molecule has 0 aliphatic rings. The maximum Gasteiger partial charge on any atom is 0.327 e. The molecule has 0 N–H and O–H groups in total. The summed E-state index contributed by atoms with van der Waals surface area (Å²) in [4.78, 5) is 28.0. The van der Waals surface area contributed by atoms with E-state index in [1.807, 2.05) is 48.7 Å². The number of carbonyl (C=O) groups is 1. The number of benzene rings is 3. The highest BCUT2D eigenvalue weighted by molar-refractivity contribution is 5.94. The lowest BCUT2D eigenvalue weighted by Crippen LogP contribution is -2.21. The lowest BCUT2D eigenvalue weighted by atomic mass is 10.2. The van der Waals surface area contributed by atoms with Crippen LogP contribution in [0.25, 0.3) is 11.2 Å². The van der Waals surface area contributed by atoms with Gasteiger partial charge in [0, 0.05) is 25.7 Å². The van der Waals surface area contributed by atoms with Gasteiger partial charge in [0.2, 0.25) is 0 Å². The first-order valence-electron chi connectivity index (χ1n) is 13.0. The van der Waals surface area contributed by atoms with Crippen LogP contribution >= 0.6 is 0 Å². The highest BCUT2D eigenvalue weighted by atomic mass is 16.5. The van der Waals surface area contributed by atoms with Gasteiger partial charge in [0.1, 0.15) is 11.6 Å². The zero-order valence-electron chi connectivity index (χ0n) is 23.2. The van der Waals surface area contributed by atoms with E-state index in [2.05, 4.69) is 11.1 Å². The molecule has 1 amide bonds. The van der Waals surface area contributed by atoms with E-state index in [0.717, 1.165) is 5.56 Å². The predicted molar refractivity (Wildman–Crippen MR) is 153 cm³/mol. The Hall–Kier alpha value is -5.43. The van der Waals surface area contributed by atoms with Crippen LogP contribution in [-0.2, 0) is 6.54 Å². The first-order chi connectivity index (χ1) is 19.9. The second kappa shape index (κ2) is 11.8. The highest BCUT2D eigenvalue weighted by Crippen LogP contribution is 2.35. The predicted octanol–water partition coefficient (Wildman–Crippen LogP) is 5.74. The molecular weight excluding hydrogens is 520 g/mol. The van der Waals surface area contributed by atoms with E-state index in [4.69, 9.17) is 24.2 Å². The van der Waals surface area contributed by atoms with Gasteiger partial charge in [0.05, 0.1) is 24.8 Å². The lowest BCUT2D eigenvalue weighted by Gasteiger charge is -2.13. The number of imidazole rings is 1. The number of nitriles is 1. The van der Waals surface area contributed by atoms with Gasteiger partial charge in [0.25, 0.3) is 11.8 Å². The molecule has 0 bridgehead atoms. The molecule has 0 saturated carbocycles. The highest BCUT2D eigenvalue weighted by Gasteiger charge is 2.21. The van der Waals surface area contributed by atoms with Gasteiger partial charge in [-0.25, -0.2) is 4.98 Å². The summed E-state index contributed by atoms with van der Waals surface area (Å²) in [5.74, 6) is 1.85. The average Bonchev–Trinajstić information content (AvgIpc) is 3.29. The average molecular weight is 549 g/mol. The Morgan fingerprint density at radius 1 is 0.951 bits per heavy atom. The minimum absolute atomic E-state index is 0.0155. The van der Waals surface area contributed by atoms with Crippen molar-refractivity contribution in [2.45, 2.75) is 20.4 Å². The van der Waals surface area contributed by atoms with E-state index in [-0.39, 0.29) is 17.8 Å². The van der Waals surface area contributed by atoms with Crippen LogP contribution in [0.4, 0.5) is 0 Å². The molecule has 2 heterocycles. The van der Waals surface area contributed by atoms with Gasteiger partial charge in [-0.05, 0) is 49.7 Å². The number of carbonyl (C=O) groups excluding carboxylic acids is 1. The summed E-state index contributed by atoms with van der Waals surface area (Å²) in [7, 11) is 3.38. The smallest absolute Gasteiger partial charge is 0.327 e. The fourth-order valence-corrected chi connectivity index (χ4v) is 4.23. The third-order valence-corrected chi connectivity index (χ3v) is 6.19. The van der Waals surface area contributed by atoms with Crippen molar-refractivity contribution in [3.8, 4) is 35.2 Å². The Kier molecular flexibility index (Phi) is 7.78. The molecule has 0 radical (unpaired) electrons. The molecule has 3 aromatic carbocycles. The zero-order valence-corrected chi connectivity index (χ0v) is 23.2. The van der Waals surface area contributed by atoms with Crippen LogP contribution in [-0.4, -0.2) is 51.0 Å². The molecule has 2 aromatic heterocycles. The number of hydrogen-bond donors (Lipinski definition) is 0. The second-order valence-electron chi connectivity index (χ2n) is 9.35. The summed E-state index contributed by atoms with van der Waals surface area (Å²) in [5, 5.41) is 9.44. The minimum atomic E-state index is -0.156. The van der Waals surface area contributed by atoms with Gasteiger partial charge >= 0.3 is 6.01 Å². The zero-order chi connectivity index (χ0) is 28.9. The van der Waals surface area contributed by atoms with Crippen molar-refractivity contribution in [1.82, 2.24) is 24.4 Å². The van der Waals surface area contributed by atoms with E-state index in [0.29, 0.717) is 58.5 Å². The summed E-state index contributed by atoms with van der Waals surface area (Å²) in [6.07, 6.45) is 0. The third kappa shape index (κ3) is 5.94. The molecule has 0 saturated heterocycles. The van der Waals surface area contributed by atoms with Crippen molar-refractivity contribution in [2.24, 2.45) is 0 Å². The summed E-state index contributed by atoms with van der Waals surface area (Å²) in [5.41, 5.74) is 2.86. The molecule has 10 heteroatoms. The van der Waals surface area contributed by atoms with E-state index >= 15 is 0 Å². The molecule has 0 aliphatic heterocycles. The summed E-state index contributed by atoms with van der Waals surface area (Å²) in [6.45, 7) is 4.66. The van der Waals surface area contributed by atoms with E-state index in [1.54, 1.807) is 56.6 Å². The summed E-state index contributed by atoms with van der Waals surface area (Å²) in [6, 6.07) is 23.8. The van der Waals surface area contributed by atoms with Crippen molar-refractivity contribution in [3.05, 3.63) is 95.3 Å². The van der Waals surface area contributed by atoms with E-state index < -0.39 is 0 Å². The van der Waals surface area contributed by atoms with Gasteiger partial charge in [-0.2, -0.15) is 15.2 Å². The number of rotatable bonds is 9. The van der Waals surface area contributed by atoms with Gasteiger partial charge in [-0.3, -0.25) is 4.79 Å². The number of hydrogen-bond acceptors (Lipinski definition) is 8. The third-order valence-electron chi connectivity index (χ3n) is 6.19. The Balaban J connectivity index is 1.62. The first-order valence-corrected chi connectivity index (χ1v) is 13.0. The largest absolute Gasteiger partial charge is 0.490 e. The molecule has 41 heavy (non-hydrogen) atoms. The molecule has 0 fully saturated rings. The second-order valence-corrected chi connectivity index (χ2v) is 9.35. The van der Waals surface area contributed by atoms with E-state index in [1.165, 1.54) is 4.90 Å². The van der Waals surface area contributed by atoms with E-state index in [9.17, 15) is 10.1 Å². The molecule has 0 atom stereocenters. The Morgan fingerprint density at radius 2 is 1.76 bits per heavy atom. The standard InChI is InChI=1S/C31H28N6O4/c1-5-39-25-15-14-22(18-32)16-26(25)41-31-34-28-27(33-20(2)37(28)19-21-10-7-6-8-11-21)29(35-31)40-24-13-9-12-23(17-24)30(38)36(3)4/h6-17H,5,19H2,1-4H3. The molecule has 10 nitrogen and oxygen atoms in total. The van der Waals surface area contributed by atoms with Crippen LogP contribution in [0.2, 0.25) is 0 Å². The quantitative estimate of drug-likeness (QED) is 0.229. The molecule has 0 aliphatic carbocycles. The summed E-state index contributed by atoms with van der Waals surface area (Å²) < 4.78 is 20.0. The molecule has 0 unspecified atom stereocenters. The van der Waals surface area contributed by atoms with Gasteiger partial charge in [0.15, 0.2) is 22.7 Å². The van der Waals surface area contributed by atoms with Crippen LogP contribution in [0.3, 0.4) is 0 Å². The van der Waals surface area contributed by atoms with Crippen molar-refractivity contribution in [1.29, 1.82) is 5.26 Å². The number of ether oxygens (including phenoxy) is 3.